The van der Waals surface area contributed by atoms with Crippen molar-refractivity contribution in [2.24, 2.45) is 0 Å². The molecular weight excluding hydrogens is 403 g/mol. The van der Waals surface area contributed by atoms with Crippen molar-refractivity contribution in [2.75, 3.05) is 13.2 Å². The Labute approximate surface area is 177 Å². The number of halogens is 1. The maximum atomic E-state index is 13.2. The van der Waals surface area contributed by atoms with Crippen molar-refractivity contribution >= 4 is 11.0 Å². The van der Waals surface area contributed by atoms with Crippen LogP contribution in [0.15, 0.2) is 65.8 Å². The molecule has 0 aliphatic rings. The molecule has 0 unspecified atom stereocenters. The lowest BCUT2D eigenvalue weighted by Crippen LogP contribution is -2.30. The molecule has 0 radical (unpaired) electrons. The van der Waals surface area contributed by atoms with Crippen LogP contribution in [0.5, 0.6) is 11.5 Å². The Bertz CT molecular complexity index is 1220. The second kappa shape index (κ2) is 8.97. The van der Waals surface area contributed by atoms with Gasteiger partial charge in [-0.05, 0) is 55.5 Å². The first-order valence-electron chi connectivity index (χ1n) is 9.78. The Morgan fingerprint density at radius 1 is 1.06 bits per heavy atom. The van der Waals surface area contributed by atoms with E-state index in [4.69, 9.17) is 9.47 Å². The summed E-state index contributed by atoms with van der Waals surface area (Å²) in [6.07, 6.45) is 1.84. The van der Waals surface area contributed by atoms with Crippen molar-refractivity contribution in [1.29, 1.82) is 0 Å². The number of aromatic nitrogens is 4. The lowest BCUT2D eigenvalue weighted by Gasteiger charge is -2.14. The number of hydrogen-bond donors (Lipinski definition) is 1. The highest BCUT2D eigenvalue weighted by atomic mass is 19.1. The molecule has 2 heterocycles. The van der Waals surface area contributed by atoms with Gasteiger partial charge in [0.1, 0.15) is 41.7 Å². The molecule has 0 amide bonds. The number of ether oxygens (including phenoxy) is 2. The topological polar surface area (TPSA) is 91.4 Å². The van der Waals surface area contributed by atoms with Gasteiger partial charge in [-0.25, -0.2) is 14.1 Å². The van der Waals surface area contributed by atoms with Gasteiger partial charge in [-0.2, -0.15) is 5.10 Å². The lowest BCUT2D eigenvalue weighted by molar-refractivity contribution is 0.0914. The number of rotatable bonds is 8. The molecule has 0 saturated carbocycles. The highest BCUT2D eigenvalue weighted by Gasteiger charge is 2.14. The van der Waals surface area contributed by atoms with Gasteiger partial charge in [0, 0.05) is 0 Å². The second-order valence-corrected chi connectivity index (χ2v) is 6.84. The zero-order valence-corrected chi connectivity index (χ0v) is 16.8. The normalized spacial score (nSPS) is 12.1. The molecule has 0 aliphatic carbocycles. The molecule has 9 heteroatoms. The standard InChI is InChI=1S/C22H21FN4O4/c1-2-30-18-7-9-19(10-8-18)31-13-17(28)12-26-14-24-21-20(22(26)29)11-25-27(21)16-5-3-15(23)4-6-16/h3-11,14,17,28H,2,12-13H2,1H3/t17-/m0/s1. The average Bonchev–Trinajstić information content (AvgIpc) is 3.21. The van der Waals surface area contributed by atoms with E-state index in [2.05, 4.69) is 10.1 Å². The summed E-state index contributed by atoms with van der Waals surface area (Å²) in [5.74, 6) is 0.962. The van der Waals surface area contributed by atoms with Gasteiger partial charge in [-0.15, -0.1) is 0 Å². The van der Waals surface area contributed by atoms with Crippen molar-refractivity contribution in [1.82, 2.24) is 19.3 Å². The van der Waals surface area contributed by atoms with Crippen LogP contribution in [0.4, 0.5) is 4.39 Å². The molecule has 2 aromatic carbocycles. The van der Waals surface area contributed by atoms with Crippen molar-refractivity contribution in [3.05, 3.63) is 77.2 Å². The van der Waals surface area contributed by atoms with Crippen LogP contribution in [-0.2, 0) is 6.54 Å². The maximum absolute atomic E-state index is 13.2. The van der Waals surface area contributed by atoms with Gasteiger partial charge in [0.15, 0.2) is 5.65 Å². The minimum Gasteiger partial charge on any atom is -0.494 e. The number of aliphatic hydroxyl groups excluding tert-OH is 1. The number of nitrogens with zero attached hydrogens (tertiary/aromatic N) is 4. The van der Waals surface area contributed by atoms with Gasteiger partial charge in [0.25, 0.3) is 5.56 Å². The van der Waals surface area contributed by atoms with Crippen LogP contribution in [-0.4, -0.2) is 43.8 Å². The highest BCUT2D eigenvalue weighted by Crippen LogP contribution is 2.18. The van der Waals surface area contributed by atoms with E-state index in [0.717, 1.165) is 5.75 Å². The Morgan fingerprint density at radius 2 is 1.74 bits per heavy atom. The molecule has 4 aromatic rings. The quantitative estimate of drug-likeness (QED) is 0.468. The van der Waals surface area contributed by atoms with Gasteiger partial charge in [-0.1, -0.05) is 0 Å². The van der Waals surface area contributed by atoms with E-state index < -0.39 is 6.10 Å². The Balaban J connectivity index is 1.45. The first-order chi connectivity index (χ1) is 15.0. The van der Waals surface area contributed by atoms with Crippen molar-refractivity contribution in [3.63, 3.8) is 0 Å². The van der Waals surface area contributed by atoms with E-state index in [1.54, 1.807) is 36.4 Å². The summed E-state index contributed by atoms with van der Waals surface area (Å²) < 4.78 is 26.9. The van der Waals surface area contributed by atoms with Gasteiger partial charge in [-0.3, -0.25) is 9.36 Å². The van der Waals surface area contributed by atoms with Crippen molar-refractivity contribution < 1.29 is 19.0 Å². The zero-order valence-electron chi connectivity index (χ0n) is 16.8. The van der Waals surface area contributed by atoms with E-state index in [-0.39, 0.29) is 24.5 Å². The fourth-order valence-corrected chi connectivity index (χ4v) is 3.12. The third-order valence-corrected chi connectivity index (χ3v) is 4.61. The number of hydrogen-bond acceptors (Lipinski definition) is 6. The van der Waals surface area contributed by atoms with Crippen LogP contribution in [0.1, 0.15) is 6.92 Å². The number of benzene rings is 2. The molecule has 160 valence electrons. The van der Waals surface area contributed by atoms with Crippen LogP contribution in [0.25, 0.3) is 16.7 Å². The van der Waals surface area contributed by atoms with E-state index in [1.165, 1.54) is 33.9 Å². The van der Waals surface area contributed by atoms with Gasteiger partial charge < -0.3 is 14.6 Å². The molecule has 8 nitrogen and oxygen atoms in total. The smallest absolute Gasteiger partial charge is 0.264 e. The Hall–Kier alpha value is -3.72. The molecule has 0 fully saturated rings. The lowest BCUT2D eigenvalue weighted by atomic mass is 10.3. The van der Waals surface area contributed by atoms with Crippen molar-refractivity contribution in [2.45, 2.75) is 19.6 Å². The van der Waals surface area contributed by atoms with E-state index in [9.17, 15) is 14.3 Å². The summed E-state index contributed by atoms with van der Waals surface area (Å²) >= 11 is 0. The average molecular weight is 424 g/mol. The molecule has 1 N–H and O–H groups in total. The van der Waals surface area contributed by atoms with Gasteiger partial charge >= 0.3 is 0 Å². The number of fused-ring (bicyclic) bond motifs is 1. The van der Waals surface area contributed by atoms with Crippen LogP contribution in [0.3, 0.4) is 0 Å². The summed E-state index contributed by atoms with van der Waals surface area (Å²) in [6, 6.07) is 12.8. The Kier molecular flexibility index (Phi) is 5.94. The summed E-state index contributed by atoms with van der Waals surface area (Å²) in [5, 5.41) is 14.8. The monoisotopic (exact) mass is 424 g/mol. The fraction of sp³-hybridized carbons (Fsp3) is 0.227. The predicted octanol–water partition coefficient (Wildman–Crippen LogP) is 2.56. The molecule has 0 saturated heterocycles. The molecule has 0 aliphatic heterocycles. The molecule has 4 rings (SSSR count). The molecule has 2 aromatic heterocycles. The van der Waals surface area contributed by atoms with Crippen LogP contribution in [0.2, 0.25) is 0 Å². The van der Waals surface area contributed by atoms with Crippen LogP contribution < -0.4 is 15.0 Å². The highest BCUT2D eigenvalue weighted by molar-refractivity contribution is 5.74. The third kappa shape index (κ3) is 4.56. The summed E-state index contributed by atoms with van der Waals surface area (Å²) in [6.45, 7) is 2.51. The summed E-state index contributed by atoms with van der Waals surface area (Å²) in [4.78, 5) is 17.1. The third-order valence-electron chi connectivity index (χ3n) is 4.61. The first kappa shape index (κ1) is 20.5. The molecule has 31 heavy (non-hydrogen) atoms. The van der Waals surface area contributed by atoms with Crippen LogP contribution in [0, 0.1) is 5.82 Å². The molecule has 0 bridgehead atoms. The van der Waals surface area contributed by atoms with Crippen molar-refractivity contribution in [3.8, 4) is 17.2 Å². The van der Waals surface area contributed by atoms with Crippen LogP contribution >= 0.6 is 0 Å². The first-order valence-corrected chi connectivity index (χ1v) is 9.78. The Morgan fingerprint density at radius 3 is 2.42 bits per heavy atom. The predicted molar refractivity (Wildman–Crippen MR) is 112 cm³/mol. The van der Waals surface area contributed by atoms with E-state index in [0.29, 0.717) is 29.1 Å². The molecule has 0 spiro atoms. The van der Waals surface area contributed by atoms with Gasteiger partial charge in [0.05, 0.1) is 25.0 Å². The zero-order chi connectivity index (χ0) is 21.8. The second-order valence-electron chi connectivity index (χ2n) is 6.84. The maximum Gasteiger partial charge on any atom is 0.264 e. The van der Waals surface area contributed by atoms with E-state index in [1.807, 2.05) is 6.92 Å². The SMILES string of the molecule is CCOc1ccc(OC[C@@H](O)Cn2cnc3c(cnn3-c3ccc(F)cc3)c2=O)cc1. The van der Waals surface area contributed by atoms with E-state index >= 15 is 0 Å². The molecule has 1 atom stereocenters. The summed E-state index contributed by atoms with van der Waals surface area (Å²) in [7, 11) is 0. The fourth-order valence-electron chi connectivity index (χ4n) is 3.12. The largest absolute Gasteiger partial charge is 0.494 e. The number of aliphatic hydroxyl groups is 1. The minimum atomic E-state index is -0.921. The van der Waals surface area contributed by atoms with Gasteiger partial charge in [0.2, 0.25) is 0 Å². The minimum absolute atomic E-state index is 0.00724. The summed E-state index contributed by atoms with van der Waals surface area (Å²) in [5.41, 5.74) is 0.608. The molecular formula is C22H21FN4O4.